The molecule has 3 unspecified atom stereocenters. The Hall–Kier alpha value is -0.320. The first-order chi connectivity index (χ1) is 9.63. The number of rotatable bonds is 3. The highest BCUT2D eigenvalue weighted by molar-refractivity contribution is 6.42. The largest absolute Gasteiger partial charge is 0.374 e. The first-order valence-electron chi connectivity index (χ1n) is 7.18. The topological polar surface area (TPSA) is 38.5 Å². The minimum absolute atomic E-state index is 0.00575. The second-order valence-corrected chi connectivity index (χ2v) is 6.59. The first-order valence-corrected chi connectivity index (χ1v) is 7.94. The highest BCUT2D eigenvalue weighted by Gasteiger charge is 2.34. The van der Waals surface area contributed by atoms with E-state index in [1.807, 2.05) is 18.2 Å². The van der Waals surface area contributed by atoms with Gasteiger partial charge in [0.15, 0.2) is 0 Å². The van der Waals surface area contributed by atoms with Crippen LogP contribution < -0.4 is 5.73 Å². The van der Waals surface area contributed by atoms with Crippen LogP contribution in [0.4, 0.5) is 0 Å². The molecule has 0 amide bonds. The first kappa shape index (κ1) is 14.6. The summed E-state index contributed by atoms with van der Waals surface area (Å²) in [5.74, 6) is 0. The van der Waals surface area contributed by atoms with E-state index in [1.54, 1.807) is 0 Å². The van der Waals surface area contributed by atoms with Gasteiger partial charge in [-0.3, -0.25) is 4.90 Å². The summed E-state index contributed by atoms with van der Waals surface area (Å²) in [7, 11) is 0. The molecule has 20 heavy (non-hydrogen) atoms. The van der Waals surface area contributed by atoms with Crippen LogP contribution in [0.2, 0.25) is 10.0 Å². The Bertz CT molecular complexity index is 483. The van der Waals surface area contributed by atoms with Crippen LogP contribution in [0.15, 0.2) is 18.2 Å². The van der Waals surface area contributed by atoms with E-state index in [1.165, 1.54) is 19.4 Å². The maximum Gasteiger partial charge on any atom is 0.0856 e. The Labute approximate surface area is 130 Å². The third kappa shape index (κ3) is 3.12. The van der Waals surface area contributed by atoms with Crippen molar-refractivity contribution in [1.29, 1.82) is 0 Å². The van der Waals surface area contributed by atoms with E-state index in [-0.39, 0.29) is 12.1 Å². The lowest BCUT2D eigenvalue weighted by molar-refractivity contribution is -0.0589. The minimum atomic E-state index is -0.00575. The van der Waals surface area contributed by atoms with Gasteiger partial charge in [-0.2, -0.15) is 0 Å². The Balaban J connectivity index is 1.61. The molecule has 2 aliphatic heterocycles. The normalized spacial score (nSPS) is 28.4. The van der Waals surface area contributed by atoms with Crippen LogP contribution in [-0.4, -0.2) is 42.8 Å². The maximum atomic E-state index is 6.32. The number of morpholine rings is 1. The fourth-order valence-electron chi connectivity index (χ4n) is 3.17. The van der Waals surface area contributed by atoms with Crippen LogP contribution in [0, 0.1) is 0 Å². The third-order valence-electron chi connectivity index (χ3n) is 4.35. The lowest BCUT2D eigenvalue weighted by Crippen LogP contribution is -2.53. The third-order valence-corrected chi connectivity index (χ3v) is 5.09. The van der Waals surface area contributed by atoms with Gasteiger partial charge in [0.1, 0.15) is 0 Å². The van der Waals surface area contributed by atoms with Crippen molar-refractivity contribution in [2.24, 2.45) is 5.73 Å². The molecular formula is C15H20Cl2N2O. The number of benzene rings is 1. The van der Waals surface area contributed by atoms with E-state index in [0.717, 1.165) is 25.1 Å². The number of halogens is 2. The van der Waals surface area contributed by atoms with Gasteiger partial charge in [-0.15, -0.1) is 0 Å². The molecule has 3 nitrogen and oxygen atoms in total. The van der Waals surface area contributed by atoms with Crippen molar-refractivity contribution in [1.82, 2.24) is 4.90 Å². The van der Waals surface area contributed by atoms with Gasteiger partial charge < -0.3 is 10.5 Å². The summed E-state index contributed by atoms with van der Waals surface area (Å²) in [5, 5.41) is 1.17. The van der Waals surface area contributed by atoms with Gasteiger partial charge in [0.05, 0.1) is 22.8 Å². The maximum absolute atomic E-state index is 6.32. The Morgan fingerprint density at radius 2 is 2.20 bits per heavy atom. The molecule has 0 aromatic heterocycles. The van der Waals surface area contributed by atoms with Crippen molar-refractivity contribution in [2.75, 3.05) is 19.7 Å². The summed E-state index contributed by atoms with van der Waals surface area (Å²) in [6, 6.07) is 6.31. The molecule has 110 valence electrons. The van der Waals surface area contributed by atoms with Gasteiger partial charge in [-0.05, 0) is 43.5 Å². The number of nitrogens with zero attached hydrogens (tertiary/aromatic N) is 1. The highest BCUT2D eigenvalue weighted by atomic mass is 35.5. The summed E-state index contributed by atoms with van der Waals surface area (Å²) in [5.41, 5.74) is 7.43. The van der Waals surface area contributed by atoms with Gasteiger partial charge in [-0.1, -0.05) is 29.3 Å². The molecule has 0 saturated carbocycles. The standard InChI is InChI=1S/C15H20Cl2N2O/c16-12-4-3-10(6-13(12)17)7-14(18)15-8-19-5-1-2-11(19)9-20-15/h3-4,6,11,14-15H,1-2,5,7-9,18H2. The van der Waals surface area contributed by atoms with Gasteiger partial charge in [0, 0.05) is 18.6 Å². The molecule has 2 saturated heterocycles. The van der Waals surface area contributed by atoms with E-state index in [2.05, 4.69) is 4.90 Å². The van der Waals surface area contributed by atoms with E-state index in [9.17, 15) is 0 Å². The molecule has 5 heteroatoms. The molecule has 0 bridgehead atoms. The van der Waals surface area contributed by atoms with E-state index in [0.29, 0.717) is 16.1 Å². The lowest BCUT2D eigenvalue weighted by atomic mass is 10.0. The average Bonchev–Trinajstić information content (AvgIpc) is 2.90. The summed E-state index contributed by atoms with van der Waals surface area (Å²) in [6.07, 6.45) is 3.41. The lowest BCUT2D eigenvalue weighted by Gasteiger charge is -2.37. The Kier molecular flexibility index (Phi) is 4.53. The van der Waals surface area contributed by atoms with Crippen LogP contribution >= 0.6 is 23.2 Å². The average molecular weight is 315 g/mol. The van der Waals surface area contributed by atoms with Crippen LogP contribution in [0.5, 0.6) is 0 Å². The summed E-state index contributed by atoms with van der Waals surface area (Å²) in [6.45, 7) is 2.96. The van der Waals surface area contributed by atoms with Crippen LogP contribution in [0.1, 0.15) is 18.4 Å². The van der Waals surface area contributed by atoms with E-state index >= 15 is 0 Å². The van der Waals surface area contributed by atoms with Crippen LogP contribution in [0.3, 0.4) is 0 Å². The summed E-state index contributed by atoms with van der Waals surface area (Å²) in [4.78, 5) is 2.52. The van der Waals surface area contributed by atoms with Gasteiger partial charge in [0.25, 0.3) is 0 Å². The number of fused-ring (bicyclic) bond motifs is 1. The molecular weight excluding hydrogens is 295 g/mol. The Morgan fingerprint density at radius 1 is 1.35 bits per heavy atom. The molecule has 2 N–H and O–H groups in total. The SMILES string of the molecule is NC(Cc1ccc(Cl)c(Cl)c1)C1CN2CCCC2CO1. The predicted molar refractivity (Wildman–Crippen MR) is 82.5 cm³/mol. The van der Waals surface area contributed by atoms with Crippen molar-refractivity contribution in [3.63, 3.8) is 0 Å². The number of hydrogen-bond acceptors (Lipinski definition) is 3. The number of hydrogen-bond donors (Lipinski definition) is 1. The second kappa shape index (κ2) is 6.20. The summed E-state index contributed by atoms with van der Waals surface area (Å²) >= 11 is 12.0. The quantitative estimate of drug-likeness (QED) is 0.932. The van der Waals surface area contributed by atoms with Crippen molar-refractivity contribution in [3.8, 4) is 0 Å². The fourth-order valence-corrected chi connectivity index (χ4v) is 3.49. The zero-order valence-electron chi connectivity index (χ0n) is 11.4. The molecule has 1 aromatic carbocycles. The Morgan fingerprint density at radius 3 is 3.00 bits per heavy atom. The minimum Gasteiger partial charge on any atom is -0.374 e. The van der Waals surface area contributed by atoms with Gasteiger partial charge >= 0.3 is 0 Å². The van der Waals surface area contributed by atoms with E-state index in [4.69, 9.17) is 33.7 Å². The molecule has 2 heterocycles. The summed E-state index contributed by atoms with van der Waals surface area (Å²) < 4.78 is 5.95. The molecule has 1 aromatic rings. The molecule has 2 fully saturated rings. The van der Waals surface area contributed by atoms with Crippen molar-refractivity contribution in [3.05, 3.63) is 33.8 Å². The van der Waals surface area contributed by atoms with Crippen LogP contribution in [-0.2, 0) is 11.2 Å². The highest BCUT2D eigenvalue weighted by Crippen LogP contribution is 2.26. The molecule has 3 rings (SSSR count). The smallest absolute Gasteiger partial charge is 0.0856 e. The monoisotopic (exact) mass is 314 g/mol. The van der Waals surface area contributed by atoms with E-state index < -0.39 is 0 Å². The van der Waals surface area contributed by atoms with Crippen LogP contribution in [0.25, 0.3) is 0 Å². The second-order valence-electron chi connectivity index (χ2n) is 5.78. The van der Waals surface area contributed by atoms with Gasteiger partial charge in [0.2, 0.25) is 0 Å². The molecule has 3 atom stereocenters. The molecule has 0 aliphatic carbocycles. The van der Waals surface area contributed by atoms with Crippen molar-refractivity contribution >= 4 is 23.2 Å². The molecule has 0 radical (unpaired) electrons. The van der Waals surface area contributed by atoms with Crippen molar-refractivity contribution in [2.45, 2.75) is 37.5 Å². The number of ether oxygens (including phenoxy) is 1. The predicted octanol–water partition coefficient (Wildman–Crippen LogP) is 2.73. The van der Waals surface area contributed by atoms with Crippen molar-refractivity contribution < 1.29 is 4.74 Å². The zero-order valence-corrected chi connectivity index (χ0v) is 12.9. The molecule has 2 aliphatic rings. The van der Waals surface area contributed by atoms with Gasteiger partial charge in [-0.25, -0.2) is 0 Å². The molecule has 0 spiro atoms. The number of nitrogens with two attached hydrogens (primary N) is 1. The fraction of sp³-hybridized carbons (Fsp3) is 0.600. The zero-order chi connectivity index (χ0) is 14.1.